The smallest absolute Gasteiger partial charge is 0.330 e. The molecule has 134 valence electrons. The summed E-state index contributed by atoms with van der Waals surface area (Å²) in [4.78, 5) is 23.2. The highest BCUT2D eigenvalue weighted by atomic mass is 16.5. The first-order valence-electron chi connectivity index (χ1n) is 9.16. The van der Waals surface area contributed by atoms with Crippen molar-refractivity contribution in [1.29, 1.82) is 0 Å². The Labute approximate surface area is 146 Å². The van der Waals surface area contributed by atoms with Crippen LogP contribution in [0.25, 0.3) is 0 Å². The monoisotopic (exact) mass is 332 g/mol. The van der Waals surface area contributed by atoms with Crippen LogP contribution in [0.3, 0.4) is 0 Å². The molecule has 0 aromatic carbocycles. The molecule has 0 bridgehead atoms. The van der Waals surface area contributed by atoms with Gasteiger partial charge in [0.05, 0.1) is 7.11 Å². The predicted octanol–water partition coefficient (Wildman–Crippen LogP) is 4.86. The normalized spacial score (nSPS) is 36.8. The van der Waals surface area contributed by atoms with Gasteiger partial charge in [0.25, 0.3) is 0 Å². The maximum Gasteiger partial charge on any atom is 0.330 e. The second-order valence-corrected chi connectivity index (χ2v) is 8.34. The van der Waals surface area contributed by atoms with E-state index in [2.05, 4.69) is 20.4 Å². The molecule has 4 atom stereocenters. The van der Waals surface area contributed by atoms with Gasteiger partial charge < -0.3 is 9.53 Å². The first kappa shape index (κ1) is 19.0. The Morgan fingerprint density at radius 2 is 2.08 bits per heavy atom. The lowest BCUT2D eigenvalue weighted by molar-refractivity contribution is -0.135. The quantitative estimate of drug-likeness (QED) is 0.312. The zero-order valence-corrected chi connectivity index (χ0v) is 15.7. The van der Waals surface area contributed by atoms with Gasteiger partial charge in [-0.1, -0.05) is 38.0 Å². The number of methoxy groups -OCH3 is 1. The van der Waals surface area contributed by atoms with Crippen LogP contribution in [0, 0.1) is 22.7 Å². The van der Waals surface area contributed by atoms with Crippen LogP contribution in [-0.2, 0) is 14.3 Å². The Hall–Kier alpha value is -1.38. The van der Waals surface area contributed by atoms with Crippen molar-refractivity contribution >= 4 is 12.3 Å². The van der Waals surface area contributed by atoms with Gasteiger partial charge in [-0.25, -0.2) is 4.79 Å². The van der Waals surface area contributed by atoms with E-state index >= 15 is 0 Å². The molecular formula is C21H32O3. The van der Waals surface area contributed by atoms with Crippen LogP contribution >= 0.6 is 0 Å². The Kier molecular flexibility index (Phi) is 5.72. The average Bonchev–Trinajstić information content (AvgIpc) is 2.53. The molecule has 24 heavy (non-hydrogen) atoms. The summed E-state index contributed by atoms with van der Waals surface area (Å²) in [6, 6.07) is 0. The van der Waals surface area contributed by atoms with Gasteiger partial charge in [0, 0.05) is 11.5 Å². The fourth-order valence-corrected chi connectivity index (χ4v) is 5.38. The summed E-state index contributed by atoms with van der Waals surface area (Å²) in [6.07, 6.45) is 10.1. The fourth-order valence-electron chi connectivity index (χ4n) is 5.38. The van der Waals surface area contributed by atoms with Crippen molar-refractivity contribution in [2.45, 2.75) is 65.7 Å². The van der Waals surface area contributed by atoms with Crippen LogP contribution in [0.5, 0.6) is 0 Å². The number of aldehydes is 1. The molecule has 2 fully saturated rings. The summed E-state index contributed by atoms with van der Waals surface area (Å²) in [5, 5.41) is 0. The molecule has 0 saturated heterocycles. The molecule has 2 rings (SSSR count). The molecule has 0 aromatic heterocycles. The van der Waals surface area contributed by atoms with Crippen molar-refractivity contribution in [3.63, 3.8) is 0 Å². The summed E-state index contributed by atoms with van der Waals surface area (Å²) in [5.74, 6) is 0.582. The van der Waals surface area contributed by atoms with Crippen molar-refractivity contribution < 1.29 is 14.3 Å². The maximum absolute atomic E-state index is 11.8. The number of ether oxygens (including phenoxy) is 1. The Balaban J connectivity index is 2.18. The minimum Gasteiger partial charge on any atom is -0.466 e. The third kappa shape index (κ3) is 3.50. The molecule has 0 N–H and O–H groups in total. The molecule has 2 aliphatic carbocycles. The van der Waals surface area contributed by atoms with Crippen molar-refractivity contribution in [2.24, 2.45) is 22.7 Å². The summed E-state index contributed by atoms with van der Waals surface area (Å²) >= 11 is 0. The summed E-state index contributed by atoms with van der Waals surface area (Å²) in [5.41, 5.74) is 2.33. The van der Waals surface area contributed by atoms with E-state index in [0.717, 1.165) is 44.1 Å². The van der Waals surface area contributed by atoms with E-state index in [1.807, 2.05) is 6.92 Å². The lowest BCUT2D eigenvalue weighted by Crippen LogP contribution is -2.51. The largest absolute Gasteiger partial charge is 0.466 e. The highest BCUT2D eigenvalue weighted by Crippen LogP contribution is 2.61. The van der Waals surface area contributed by atoms with Gasteiger partial charge in [0.15, 0.2) is 0 Å². The standard InChI is InChI=1S/C21H32O3/c1-15(13-19(23)24-5)7-9-17-16(2)8-10-18-20(3,14-22)11-6-12-21(17,18)4/h13-14,17-18H,2,6-12H2,1,3-5H3. The number of esters is 1. The van der Waals surface area contributed by atoms with Crippen LogP contribution in [0.2, 0.25) is 0 Å². The van der Waals surface area contributed by atoms with Crippen molar-refractivity contribution in [3.8, 4) is 0 Å². The lowest BCUT2D eigenvalue weighted by atomic mass is 9.47. The molecule has 4 unspecified atom stereocenters. The fraction of sp³-hybridized carbons (Fsp3) is 0.714. The second kappa shape index (κ2) is 7.25. The predicted molar refractivity (Wildman–Crippen MR) is 96.5 cm³/mol. The molecule has 0 radical (unpaired) electrons. The molecule has 2 saturated carbocycles. The first-order chi connectivity index (χ1) is 11.3. The Morgan fingerprint density at radius 1 is 1.38 bits per heavy atom. The SMILES string of the molecule is C=C1CCC2C(C)(C=O)CCCC2(C)C1CCC(C)=CC(=O)OC. The van der Waals surface area contributed by atoms with Gasteiger partial charge in [0.2, 0.25) is 0 Å². The number of hydrogen-bond donors (Lipinski definition) is 0. The third-order valence-corrected chi connectivity index (χ3v) is 6.73. The molecule has 0 heterocycles. The molecule has 0 aliphatic heterocycles. The van der Waals surface area contributed by atoms with Gasteiger partial charge >= 0.3 is 5.97 Å². The Morgan fingerprint density at radius 3 is 2.71 bits per heavy atom. The topological polar surface area (TPSA) is 43.4 Å². The number of hydrogen-bond acceptors (Lipinski definition) is 3. The van der Waals surface area contributed by atoms with Crippen LogP contribution in [0.1, 0.15) is 65.7 Å². The van der Waals surface area contributed by atoms with E-state index in [4.69, 9.17) is 4.74 Å². The minimum absolute atomic E-state index is 0.148. The van der Waals surface area contributed by atoms with E-state index in [1.165, 1.54) is 25.4 Å². The summed E-state index contributed by atoms with van der Waals surface area (Å²) < 4.78 is 4.71. The van der Waals surface area contributed by atoms with Crippen LogP contribution in [0.15, 0.2) is 23.8 Å². The molecule has 2 aliphatic rings. The van der Waals surface area contributed by atoms with Gasteiger partial charge in [0.1, 0.15) is 6.29 Å². The number of allylic oxidation sites excluding steroid dienone is 2. The summed E-state index contributed by atoms with van der Waals surface area (Å²) in [7, 11) is 1.41. The zero-order chi connectivity index (χ0) is 18.0. The number of carbonyl (C=O) groups is 2. The lowest BCUT2D eigenvalue weighted by Gasteiger charge is -2.57. The van der Waals surface area contributed by atoms with Gasteiger partial charge in [-0.15, -0.1) is 0 Å². The third-order valence-electron chi connectivity index (χ3n) is 6.73. The average molecular weight is 332 g/mol. The molecular weight excluding hydrogens is 300 g/mol. The van der Waals surface area contributed by atoms with Gasteiger partial charge in [-0.2, -0.15) is 0 Å². The Bertz CT molecular complexity index is 547. The van der Waals surface area contributed by atoms with Crippen LogP contribution < -0.4 is 0 Å². The van der Waals surface area contributed by atoms with E-state index in [1.54, 1.807) is 6.08 Å². The molecule has 0 amide bonds. The van der Waals surface area contributed by atoms with Crippen LogP contribution in [0.4, 0.5) is 0 Å². The van der Waals surface area contributed by atoms with Crippen molar-refractivity contribution in [3.05, 3.63) is 23.8 Å². The van der Waals surface area contributed by atoms with Gasteiger partial charge in [-0.3, -0.25) is 0 Å². The molecule has 3 heteroatoms. The summed E-state index contributed by atoms with van der Waals surface area (Å²) in [6.45, 7) is 10.9. The first-order valence-corrected chi connectivity index (χ1v) is 9.16. The van der Waals surface area contributed by atoms with E-state index < -0.39 is 0 Å². The molecule has 3 nitrogen and oxygen atoms in total. The zero-order valence-electron chi connectivity index (χ0n) is 15.7. The minimum atomic E-state index is -0.287. The van der Waals surface area contributed by atoms with E-state index in [0.29, 0.717) is 11.8 Å². The van der Waals surface area contributed by atoms with E-state index in [-0.39, 0.29) is 16.8 Å². The van der Waals surface area contributed by atoms with Crippen molar-refractivity contribution in [1.82, 2.24) is 0 Å². The number of fused-ring (bicyclic) bond motifs is 1. The highest BCUT2D eigenvalue weighted by molar-refractivity contribution is 5.82. The van der Waals surface area contributed by atoms with Crippen LogP contribution in [-0.4, -0.2) is 19.4 Å². The number of rotatable bonds is 5. The molecule has 0 spiro atoms. The van der Waals surface area contributed by atoms with E-state index in [9.17, 15) is 9.59 Å². The second-order valence-electron chi connectivity index (χ2n) is 8.34. The van der Waals surface area contributed by atoms with Crippen molar-refractivity contribution in [2.75, 3.05) is 7.11 Å². The van der Waals surface area contributed by atoms with Gasteiger partial charge in [-0.05, 0) is 62.7 Å². The highest BCUT2D eigenvalue weighted by Gasteiger charge is 2.54. The molecule has 0 aromatic rings. The maximum atomic E-state index is 11.8. The number of carbonyl (C=O) groups excluding carboxylic acids is 2.